The fourth-order valence-electron chi connectivity index (χ4n) is 1.90. The van der Waals surface area contributed by atoms with Gasteiger partial charge in [0.05, 0.1) is 0 Å². The Kier molecular flexibility index (Phi) is 26.2. The third-order valence-corrected chi connectivity index (χ3v) is 3.00. The Morgan fingerprint density at radius 2 is 1.30 bits per heavy atom. The van der Waals surface area contributed by atoms with Crippen LogP contribution in [0.4, 0.5) is 0 Å². The molecule has 0 aliphatic heterocycles. The summed E-state index contributed by atoms with van der Waals surface area (Å²) in [4.78, 5) is 10.7. The summed E-state index contributed by atoms with van der Waals surface area (Å²) in [6.45, 7) is 2.56. The molecule has 0 rings (SSSR count). The second-order valence-corrected chi connectivity index (χ2v) is 5.97. The second kappa shape index (κ2) is 21.0. The summed E-state index contributed by atoms with van der Waals surface area (Å²) in [5.74, 6) is -0.263. The van der Waals surface area contributed by atoms with Crippen LogP contribution in [0.15, 0.2) is 0 Å². The van der Waals surface area contributed by atoms with Crippen LogP contribution in [0.2, 0.25) is 0 Å². The molecule has 0 heterocycles. The summed E-state index contributed by atoms with van der Waals surface area (Å²) >= 11 is 0. The van der Waals surface area contributed by atoms with Gasteiger partial charge in [-0.05, 0) is 6.42 Å². The number of unbranched alkanes of at least 4 members (excludes halogenated alkanes) is 9. The van der Waals surface area contributed by atoms with Crippen molar-refractivity contribution in [1.29, 1.82) is 0 Å². The maximum absolute atomic E-state index is 10.7. The van der Waals surface area contributed by atoms with E-state index in [1.165, 1.54) is 57.8 Å². The molecule has 0 spiro atoms. The number of rotatable bonds is 12. The molecule has 0 saturated carbocycles. The minimum atomic E-state index is -4.92. The summed E-state index contributed by atoms with van der Waals surface area (Å²) in [6, 6.07) is 0. The molecular weight excluding hydrogens is 349 g/mol. The van der Waals surface area contributed by atoms with Gasteiger partial charge in [0.15, 0.2) is 0 Å². The van der Waals surface area contributed by atoms with Gasteiger partial charge in [0.1, 0.15) is 6.61 Å². The first kappa shape index (κ1) is 28.7. The molecule has 0 aromatic carbocycles. The maximum atomic E-state index is 10.7. The van der Waals surface area contributed by atoms with E-state index in [0.717, 1.165) is 6.42 Å². The van der Waals surface area contributed by atoms with Crippen molar-refractivity contribution in [2.75, 3.05) is 13.2 Å². The average Bonchev–Trinajstić information content (AvgIpc) is 2.42. The predicted octanol–water partition coefficient (Wildman–Crippen LogP) is -0.976. The average molecular weight is 380 g/mol. The summed E-state index contributed by atoms with van der Waals surface area (Å²) in [5, 5.41) is 11.2. The minimum absolute atomic E-state index is 0. The zero-order valence-corrected chi connectivity index (χ0v) is 18.4. The predicted molar refractivity (Wildman–Crippen MR) is 84.3 cm³/mol. The molecule has 0 aliphatic carbocycles. The summed E-state index contributed by atoms with van der Waals surface area (Å²) < 4.78 is 32.8. The van der Waals surface area contributed by atoms with Crippen LogP contribution in [-0.2, 0) is 15.2 Å². The van der Waals surface area contributed by atoms with Gasteiger partial charge in [-0.1, -0.05) is 64.7 Å². The van der Waals surface area contributed by atoms with Gasteiger partial charge in [-0.25, -0.2) is 8.42 Å². The molecule has 7 nitrogen and oxygen atoms in total. The Morgan fingerprint density at radius 3 is 1.65 bits per heavy atom. The van der Waals surface area contributed by atoms with Crippen LogP contribution in [0.5, 0.6) is 0 Å². The molecule has 0 aromatic rings. The first-order valence-electron chi connectivity index (χ1n) is 7.87. The van der Waals surface area contributed by atoms with E-state index in [1.54, 1.807) is 0 Å². The van der Waals surface area contributed by atoms with Crippen molar-refractivity contribution in [2.24, 2.45) is 0 Å². The van der Waals surface area contributed by atoms with E-state index in [-0.39, 0.29) is 57.3 Å². The number of aliphatic hydroxyl groups excluding tert-OH is 1. The molecule has 134 valence electrons. The van der Waals surface area contributed by atoms with Crippen molar-refractivity contribution in [3.8, 4) is 0 Å². The smallest absolute Gasteiger partial charge is 0.726 e. The standard InChI is InChI=1S/C14H29NO2.K.H2O4S/c1-2-3-4-5-6-7-8-9-10-11-12-15-14(17)13-16;;1-5(2,3)4/h16H,2-13H2,1H3,(H,15,17);;(H2,1,2,3,4)/q;+1;/p-1. The van der Waals surface area contributed by atoms with Crippen molar-refractivity contribution in [3.05, 3.63) is 0 Å². The molecule has 3 N–H and O–H groups in total. The molecule has 9 heteroatoms. The van der Waals surface area contributed by atoms with Crippen LogP contribution >= 0.6 is 0 Å². The third-order valence-electron chi connectivity index (χ3n) is 3.00. The van der Waals surface area contributed by atoms with Crippen molar-refractivity contribution in [2.45, 2.75) is 71.1 Å². The summed E-state index contributed by atoms with van der Waals surface area (Å²) in [6.07, 6.45) is 13.0. The van der Waals surface area contributed by atoms with E-state index < -0.39 is 17.0 Å². The quantitative estimate of drug-likeness (QED) is 0.173. The van der Waals surface area contributed by atoms with Gasteiger partial charge < -0.3 is 15.0 Å². The number of carbonyl (C=O) groups excluding carboxylic acids is 1. The van der Waals surface area contributed by atoms with E-state index in [2.05, 4.69) is 12.2 Å². The molecule has 0 bridgehead atoms. The van der Waals surface area contributed by atoms with Gasteiger partial charge in [0.2, 0.25) is 16.3 Å². The van der Waals surface area contributed by atoms with Crippen LogP contribution in [0.1, 0.15) is 71.1 Å². The fourth-order valence-corrected chi connectivity index (χ4v) is 1.90. The zero-order chi connectivity index (χ0) is 17.3. The van der Waals surface area contributed by atoms with Gasteiger partial charge in [0, 0.05) is 6.54 Å². The van der Waals surface area contributed by atoms with E-state index >= 15 is 0 Å². The van der Waals surface area contributed by atoms with E-state index in [0.29, 0.717) is 6.54 Å². The SMILES string of the molecule is CCCCCCCCCCCCNC(=O)CO.O=S(=O)([O-])O.[K+]. The largest absolute Gasteiger partial charge is 1.00 e. The van der Waals surface area contributed by atoms with Crippen molar-refractivity contribution >= 4 is 16.3 Å². The molecule has 0 fully saturated rings. The second-order valence-electron chi connectivity index (χ2n) is 5.12. The van der Waals surface area contributed by atoms with E-state index in [4.69, 9.17) is 22.6 Å². The maximum Gasteiger partial charge on any atom is 1.00 e. The first-order valence-corrected chi connectivity index (χ1v) is 9.23. The van der Waals surface area contributed by atoms with Crippen LogP contribution in [-0.4, -0.2) is 41.7 Å². The Morgan fingerprint density at radius 1 is 0.957 bits per heavy atom. The zero-order valence-electron chi connectivity index (χ0n) is 14.4. The molecule has 0 aromatic heterocycles. The normalized spacial score (nSPS) is 10.3. The topological polar surface area (TPSA) is 127 Å². The molecule has 0 aliphatic rings. The Hall–Kier alpha value is 0.936. The number of aliphatic hydroxyl groups is 1. The fraction of sp³-hybridized carbons (Fsp3) is 0.929. The van der Waals surface area contributed by atoms with Crippen LogP contribution < -0.4 is 56.7 Å². The summed E-state index contributed by atoms with van der Waals surface area (Å²) in [7, 11) is -4.92. The van der Waals surface area contributed by atoms with Gasteiger partial charge >= 0.3 is 51.4 Å². The molecular formula is C14H30KNO6S. The number of hydrogen-bond acceptors (Lipinski definition) is 5. The molecule has 23 heavy (non-hydrogen) atoms. The minimum Gasteiger partial charge on any atom is -0.726 e. The van der Waals surface area contributed by atoms with Crippen LogP contribution in [0.3, 0.4) is 0 Å². The van der Waals surface area contributed by atoms with Crippen LogP contribution in [0.25, 0.3) is 0 Å². The number of amides is 1. The number of nitrogens with one attached hydrogen (secondary N) is 1. The van der Waals surface area contributed by atoms with Gasteiger partial charge in [-0.2, -0.15) is 0 Å². The molecule has 0 radical (unpaired) electrons. The van der Waals surface area contributed by atoms with E-state index in [9.17, 15) is 4.79 Å². The first-order chi connectivity index (χ1) is 10.3. The molecule has 1 amide bonds. The van der Waals surface area contributed by atoms with Gasteiger partial charge in [-0.3, -0.25) is 9.35 Å². The van der Waals surface area contributed by atoms with Crippen LogP contribution in [0, 0.1) is 0 Å². The summed E-state index contributed by atoms with van der Waals surface area (Å²) in [5.41, 5.74) is 0. The van der Waals surface area contributed by atoms with Crippen molar-refractivity contribution in [3.63, 3.8) is 0 Å². The third kappa shape index (κ3) is 39.6. The van der Waals surface area contributed by atoms with E-state index in [1.807, 2.05) is 0 Å². The van der Waals surface area contributed by atoms with Gasteiger partial charge in [0.25, 0.3) is 0 Å². The molecule has 0 atom stereocenters. The Bertz CT molecular complexity index is 343. The monoisotopic (exact) mass is 379 g/mol. The Balaban J connectivity index is -0.000000578. The number of carbonyl (C=O) groups is 1. The molecule has 0 unspecified atom stereocenters. The van der Waals surface area contributed by atoms with Crippen molar-refractivity contribution < 1.29 is 78.8 Å². The Labute approximate surface area is 183 Å². The number of hydrogen-bond donors (Lipinski definition) is 3. The molecule has 0 saturated heterocycles. The van der Waals surface area contributed by atoms with Crippen molar-refractivity contribution in [1.82, 2.24) is 5.32 Å². The van der Waals surface area contributed by atoms with Gasteiger partial charge in [-0.15, -0.1) is 0 Å².